The Bertz CT molecular complexity index is 502. The normalized spacial score (nSPS) is 21.3. The van der Waals surface area contributed by atoms with Crippen LogP contribution in [0.25, 0.3) is 0 Å². The van der Waals surface area contributed by atoms with E-state index in [9.17, 15) is 9.90 Å². The first-order valence-corrected chi connectivity index (χ1v) is 7.20. The lowest BCUT2D eigenvalue weighted by Crippen LogP contribution is -2.32. The van der Waals surface area contributed by atoms with Crippen LogP contribution < -0.4 is 4.74 Å². The molecule has 1 aromatic carbocycles. The summed E-state index contributed by atoms with van der Waals surface area (Å²) in [5.41, 5.74) is 0.0625. The minimum atomic E-state index is -0.748. The van der Waals surface area contributed by atoms with Crippen molar-refractivity contribution in [2.75, 3.05) is 0 Å². The Hall–Kier alpha value is -1.22. The molecular formula is C15H17ClO3. The molecule has 2 saturated carbocycles. The van der Waals surface area contributed by atoms with Crippen LogP contribution in [0, 0.1) is 0 Å². The highest BCUT2D eigenvalue weighted by molar-refractivity contribution is 6.32. The van der Waals surface area contributed by atoms with Gasteiger partial charge in [-0.15, -0.1) is 0 Å². The number of carboxylic acid groups (broad SMARTS) is 1. The van der Waals surface area contributed by atoms with E-state index in [0.717, 1.165) is 31.2 Å². The molecule has 0 aromatic heterocycles. The van der Waals surface area contributed by atoms with Gasteiger partial charge < -0.3 is 9.84 Å². The molecule has 1 aromatic rings. The van der Waals surface area contributed by atoms with E-state index < -0.39 is 11.4 Å². The summed E-state index contributed by atoms with van der Waals surface area (Å²) in [7, 11) is 0. The number of halogens is 1. The van der Waals surface area contributed by atoms with Gasteiger partial charge in [-0.25, -0.2) is 0 Å². The summed E-state index contributed by atoms with van der Waals surface area (Å²) in [6.45, 7) is 0. The third-order valence-electron chi connectivity index (χ3n) is 4.17. The van der Waals surface area contributed by atoms with Crippen LogP contribution in [0.1, 0.15) is 44.1 Å². The van der Waals surface area contributed by atoms with Crippen LogP contribution in [0.3, 0.4) is 0 Å². The topological polar surface area (TPSA) is 46.5 Å². The molecule has 0 radical (unpaired) electrons. The molecule has 102 valence electrons. The fourth-order valence-electron chi connectivity index (χ4n) is 2.86. The predicted molar refractivity (Wildman–Crippen MR) is 72.9 cm³/mol. The molecule has 0 atom stereocenters. The van der Waals surface area contributed by atoms with Crippen molar-refractivity contribution in [1.29, 1.82) is 0 Å². The zero-order valence-corrected chi connectivity index (χ0v) is 11.4. The average Bonchev–Trinajstić information content (AvgIpc) is 3.05. The van der Waals surface area contributed by atoms with Crippen LogP contribution in [0.2, 0.25) is 5.02 Å². The molecule has 0 amide bonds. The maximum absolute atomic E-state index is 11.6. The van der Waals surface area contributed by atoms with Crippen molar-refractivity contribution in [2.45, 2.75) is 50.0 Å². The number of carbonyl (C=O) groups is 1. The largest absolute Gasteiger partial charge is 0.489 e. The van der Waals surface area contributed by atoms with Gasteiger partial charge in [0.05, 0.1) is 16.5 Å². The van der Waals surface area contributed by atoms with E-state index in [1.165, 1.54) is 0 Å². The number of hydrogen-bond donors (Lipinski definition) is 1. The zero-order chi connectivity index (χ0) is 13.5. The van der Waals surface area contributed by atoms with Crippen LogP contribution in [0.5, 0.6) is 5.75 Å². The Morgan fingerprint density at radius 3 is 2.53 bits per heavy atom. The summed E-state index contributed by atoms with van der Waals surface area (Å²) in [6, 6.07) is 5.46. The van der Waals surface area contributed by atoms with Crippen LogP contribution in [0.4, 0.5) is 0 Å². The molecule has 4 heteroatoms. The number of benzene rings is 1. The van der Waals surface area contributed by atoms with Crippen molar-refractivity contribution in [3.63, 3.8) is 0 Å². The number of ether oxygens (including phenoxy) is 1. The number of aliphatic carboxylic acids is 1. The molecule has 2 fully saturated rings. The van der Waals surface area contributed by atoms with Crippen molar-refractivity contribution in [1.82, 2.24) is 0 Å². The van der Waals surface area contributed by atoms with Gasteiger partial charge in [-0.3, -0.25) is 4.79 Å². The maximum atomic E-state index is 11.6. The second-order valence-electron chi connectivity index (χ2n) is 5.56. The van der Waals surface area contributed by atoms with E-state index in [1.54, 1.807) is 6.07 Å². The molecule has 0 aliphatic heterocycles. The fraction of sp³-hybridized carbons (Fsp3) is 0.533. The van der Waals surface area contributed by atoms with E-state index >= 15 is 0 Å². The number of hydrogen-bond acceptors (Lipinski definition) is 2. The summed E-state index contributed by atoms with van der Waals surface area (Å²) in [5.74, 6) is -0.0663. The van der Waals surface area contributed by atoms with Crippen molar-refractivity contribution < 1.29 is 14.6 Å². The molecule has 0 saturated heterocycles. The first kappa shape index (κ1) is 12.8. The molecule has 2 aliphatic carbocycles. The van der Waals surface area contributed by atoms with E-state index in [-0.39, 0.29) is 0 Å². The van der Waals surface area contributed by atoms with Gasteiger partial charge in [-0.2, -0.15) is 0 Å². The number of rotatable bonds is 4. The van der Waals surface area contributed by atoms with E-state index in [0.29, 0.717) is 29.7 Å². The molecule has 2 aliphatic rings. The summed E-state index contributed by atoms with van der Waals surface area (Å²) < 4.78 is 5.69. The third-order valence-corrected chi connectivity index (χ3v) is 4.46. The summed E-state index contributed by atoms with van der Waals surface area (Å²) in [5, 5.41) is 10.1. The van der Waals surface area contributed by atoms with E-state index in [4.69, 9.17) is 16.3 Å². The summed E-state index contributed by atoms with van der Waals surface area (Å²) >= 11 is 6.23. The highest BCUT2D eigenvalue weighted by atomic mass is 35.5. The predicted octanol–water partition coefficient (Wildman–Crippen LogP) is 3.78. The molecule has 1 N–H and O–H groups in total. The maximum Gasteiger partial charge on any atom is 0.314 e. The SMILES string of the molecule is O=C(O)C1(c2ccc(OC3CC3)c(Cl)c2)CCCC1. The molecule has 19 heavy (non-hydrogen) atoms. The first-order valence-electron chi connectivity index (χ1n) is 6.82. The van der Waals surface area contributed by atoms with Crippen molar-refractivity contribution in [2.24, 2.45) is 0 Å². The van der Waals surface area contributed by atoms with E-state index in [2.05, 4.69) is 0 Å². The minimum Gasteiger partial charge on any atom is -0.489 e. The Balaban J connectivity index is 1.91. The van der Waals surface area contributed by atoms with Gasteiger partial charge in [0.2, 0.25) is 0 Å². The molecule has 3 nitrogen and oxygen atoms in total. The van der Waals surface area contributed by atoms with Gasteiger partial charge in [-0.1, -0.05) is 30.5 Å². The number of carboxylic acids is 1. The Morgan fingerprint density at radius 1 is 1.32 bits per heavy atom. The van der Waals surface area contributed by atoms with Gasteiger partial charge in [0.1, 0.15) is 5.75 Å². The third kappa shape index (κ3) is 2.32. The molecule has 0 bridgehead atoms. The first-order chi connectivity index (χ1) is 9.12. The molecular weight excluding hydrogens is 264 g/mol. The van der Waals surface area contributed by atoms with Crippen LogP contribution in [-0.2, 0) is 10.2 Å². The Kier molecular flexibility index (Phi) is 3.17. The van der Waals surface area contributed by atoms with Gasteiger partial charge in [0, 0.05) is 0 Å². The van der Waals surface area contributed by atoms with Crippen LogP contribution in [-0.4, -0.2) is 17.2 Å². The van der Waals surface area contributed by atoms with Gasteiger partial charge in [-0.05, 0) is 43.4 Å². The van der Waals surface area contributed by atoms with Gasteiger partial charge in [0.25, 0.3) is 0 Å². The smallest absolute Gasteiger partial charge is 0.314 e. The quantitative estimate of drug-likeness (QED) is 0.913. The summed E-state index contributed by atoms with van der Waals surface area (Å²) in [4.78, 5) is 11.6. The van der Waals surface area contributed by atoms with Crippen LogP contribution in [0.15, 0.2) is 18.2 Å². The second-order valence-corrected chi connectivity index (χ2v) is 5.96. The Labute approximate surface area is 117 Å². The van der Waals surface area contributed by atoms with Crippen molar-refractivity contribution in [3.8, 4) is 5.75 Å². The fourth-order valence-corrected chi connectivity index (χ4v) is 3.09. The van der Waals surface area contributed by atoms with Crippen molar-refractivity contribution >= 4 is 17.6 Å². The van der Waals surface area contributed by atoms with Crippen LogP contribution >= 0.6 is 11.6 Å². The lowest BCUT2D eigenvalue weighted by Gasteiger charge is -2.25. The van der Waals surface area contributed by atoms with E-state index in [1.807, 2.05) is 12.1 Å². The zero-order valence-electron chi connectivity index (χ0n) is 10.7. The Morgan fingerprint density at radius 2 is 2.00 bits per heavy atom. The standard InChI is InChI=1S/C15H17ClO3/c16-12-9-10(3-6-13(12)19-11-4-5-11)15(14(17)18)7-1-2-8-15/h3,6,9,11H,1-2,4-5,7-8H2,(H,17,18). The van der Waals surface area contributed by atoms with Crippen molar-refractivity contribution in [3.05, 3.63) is 28.8 Å². The molecule has 0 unspecified atom stereocenters. The second kappa shape index (κ2) is 4.71. The average molecular weight is 281 g/mol. The summed E-state index contributed by atoms with van der Waals surface area (Å²) in [6.07, 6.45) is 5.77. The monoisotopic (exact) mass is 280 g/mol. The minimum absolute atomic E-state index is 0.295. The lowest BCUT2D eigenvalue weighted by molar-refractivity contribution is -0.143. The van der Waals surface area contributed by atoms with Gasteiger partial charge >= 0.3 is 5.97 Å². The highest BCUT2D eigenvalue weighted by Gasteiger charge is 2.43. The highest BCUT2D eigenvalue weighted by Crippen LogP contribution is 2.43. The molecule has 3 rings (SSSR count). The molecule has 0 heterocycles. The lowest BCUT2D eigenvalue weighted by atomic mass is 9.79. The van der Waals surface area contributed by atoms with Gasteiger partial charge in [0.15, 0.2) is 0 Å². The molecule has 0 spiro atoms.